The van der Waals surface area contributed by atoms with Crippen LogP contribution in [0.15, 0.2) is 30.5 Å². The van der Waals surface area contributed by atoms with Crippen molar-refractivity contribution in [3.8, 4) is 11.1 Å². The van der Waals surface area contributed by atoms with Crippen LogP contribution in [0.1, 0.15) is 27.2 Å². The van der Waals surface area contributed by atoms with E-state index in [1.807, 2.05) is 13.0 Å². The molecule has 8 nitrogen and oxygen atoms in total. The van der Waals surface area contributed by atoms with Crippen molar-refractivity contribution in [3.05, 3.63) is 40.5 Å². The summed E-state index contributed by atoms with van der Waals surface area (Å²) < 4.78 is 0. The van der Waals surface area contributed by atoms with Gasteiger partial charge in [0.2, 0.25) is 5.95 Å². The second kappa shape index (κ2) is 12.0. The summed E-state index contributed by atoms with van der Waals surface area (Å²) in [6.45, 7) is 10.5. The number of pyridine rings is 1. The van der Waals surface area contributed by atoms with Gasteiger partial charge >= 0.3 is 6.03 Å². The zero-order valence-corrected chi connectivity index (χ0v) is 20.6. The van der Waals surface area contributed by atoms with E-state index in [1.54, 1.807) is 24.4 Å². The molecule has 3 aromatic rings. The average molecular weight is 490 g/mol. The summed E-state index contributed by atoms with van der Waals surface area (Å²) in [7, 11) is 0. The number of fused-ring (bicyclic) bond motifs is 1. The third kappa shape index (κ3) is 6.43. The summed E-state index contributed by atoms with van der Waals surface area (Å²) in [4.78, 5) is 28.2. The smallest absolute Gasteiger partial charge is 0.320 e. The van der Waals surface area contributed by atoms with Gasteiger partial charge in [-0.05, 0) is 51.2 Å². The fourth-order valence-electron chi connectivity index (χ4n) is 3.44. The highest BCUT2D eigenvalue weighted by molar-refractivity contribution is 6.39. The Kier molecular flexibility index (Phi) is 9.05. The SMILES string of the molecule is CCNC(=O)Nc1nc2nc(NCCCN(CC)CC)ncc2cc1-c1c(Cl)cccc1Cl. The number of nitrogens with one attached hydrogen (secondary N) is 3. The highest BCUT2D eigenvalue weighted by atomic mass is 35.5. The summed E-state index contributed by atoms with van der Waals surface area (Å²) in [6.07, 6.45) is 2.68. The normalized spacial score (nSPS) is 11.1. The molecule has 0 fully saturated rings. The summed E-state index contributed by atoms with van der Waals surface area (Å²) in [5.74, 6) is 0.802. The average Bonchev–Trinajstić information content (AvgIpc) is 2.79. The van der Waals surface area contributed by atoms with Gasteiger partial charge in [0.1, 0.15) is 5.82 Å². The summed E-state index contributed by atoms with van der Waals surface area (Å²) >= 11 is 12.9. The van der Waals surface area contributed by atoms with Gasteiger partial charge in [-0.1, -0.05) is 43.1 Å². The van der Waals surface area contributed by atoms with Crippen LogP contribution in [0.4, 0.5) is 16.6 Å². The molecule has 0 unspecified atom stereocenters. The number of benzene rings is 1. The molecular weight excluding hydrogens is 461 g/mol. The third-order valence-electron chi connectivity index (χ3n) is 5.20. The number of amides is 2. The molecule has 0 radical (unpaired) electrons. The lowest BCUT2D eigenvalue weighted by molar-refractivity contribution is 0.252. The molecule has 3 N–H and O–H groups in total. The highest BCUT2D eigenvalue weighted by Gasteiger charge is 2.18. The molecular formula is C23H29Cl2N7O. The van der Waals surface area contributed by atoms with Crippen LogP contribution in [0.25, 0.3) is 22.2 Å². The Balaban J connectivity index is 1.92. The number of carbonyl (C=O) groups is 1. The minimum absolute atomic E-state index is 0.314. The molecule has 1 aromatic carbocycles. The number of halogens is 2. The lowest BCUT2D eigenvalue weighted by Gasteiger charge is -2.17. The van der Waals surface area contributed by atoms with Crippen molar-refractivity contribution in [2.24, 2.45) is 0 Å². The zero-order valence-electron chi connectivity index (χ0n) is 19.1. The Morgan fingerprint density at radius 3 is 2.48 bits per heavy atom. The van der Waals surface area contributed by atoms with Crippen LogP contribution in [0.2, 0.25) is 10.0 Å². The molecule has 2 aromatic heterocycles. The van der Waals surface area contributed by atoms with Crippen LogP contribution in [-0.4, -0.2) is 58.6 Å². The van der Waals surface area contributed by atoms with Gasteiger partial charge in [-0.3, -0.25) is 5.32 Å². The molecule has 0 aliphatic heterocycles. The lowest BCUT2D eigenvalue weighted by Crippen LogP contribution is -2.29. The second-order valence-electron chi connectivity index (χ2n) is 7.38. The first-order valence-electron chi connectivity index (χ1n) is 11.1. The molecule has 176 valence electrons. The van der Waals surface area contributed by atoms with Gasteiger partial charge in [0.05, 0.1) is 10.0 Å². The predicted molar refractivity (Wildman–Crippen MR) is 136 cm³/mol. The van der Waals surface area contributed by atoms with Crippen molar-refractivity contribution in [2.45, 2.75) is 27.2 Å². The van der Waals surface area contributed by atoms with Gasteiger partial charge in [-0.25, -0.2) is 14.8 Å². The van der Waals surface area contributed by atoms with E-state index in [9.17, 15) is 4.79 Å². The number of aromatic nitrogens is 3. The Morgan fingerprint density at radius 2 is 1.82 bits per heavy atom. The molecule has 2 amide bonds. The van der Waals surface area contributed by atoms with E-state index in [2.05, 4.69) is 49.6 Å². The maximum Gasteiger partial charge on any atom is 0.320 e. The monoisotopic (exact) mass is 489 g/mol. The van der Waals surface area contributed by atoms with Gasteiger partial charge in [-0.15, -0.1) is 0 Å². The van der Waals surface area contributed by atoms with Crippen molar-refractivity contribution in [2.75, 3.05) is 43.4 Å². The van der Waals surface area contributed by atoms with E-state index in [1.165, 1.54) is 0 Å². The van der Waals surface area contributed by atoms with Crippen molar-refractivity contribution < 1.29 is 4.79 Å². The van der Waals surface area contributed by atoms with Crippen LogP contribution in [0, 0.1) is 0 Å². The molecule has 10 heteroatoms. The minimum Gasteiger partial charge on any atom is -0.354 e. The molecule has 33 heavy (non-hydrogen) atoms. The summed E-state index contributed by atoms with van der Waals surface area (Å²) in [5, 5.41) is 10.4. The maximum atomic E-state index is 12.3. The van der Waals surface area contributed by atoms with Crippen LogP contribution < -0.4 is 16.0 Å². The van der Waals surface area contributed by atoms with Crippen molar-refractivity contribution in [1.82, 2.24) is 25.2 Å². The number of rotatable bonds is 10. The minimum atomic E-state index is -0.377. The first-order valence-corrected chi connectivity index (χ1v) is 11.9. The van der Waals surface area contributed by atoms with Crippen molar-refractivity contribution >= 4 is 52.0 Å². The van der Waals surface area contributed by atoms with E-state index in [0.717, 1.165) is 32.6 Å². The van der Waals surface area contributed by atoms with Gasteiger partial charge in [0, 0.05) is 35.8 Å². The topological polar surface area (TPSA) is 95.1 Å². The molecule has 0 atom stereocenters. The van der Waals surface area contributed by atoms with Crippen LogP contribution in [-0.2, 0) is 0 Å². The fourth-order valence-corrected chi connectivity index (χ4v) is 4.05. The third-order valence-corrected chi connectivity index (χ3v) is 5.83. The van der Waals surface area contributed by atoms with Crippen LogP contribution in [0.3, 0.4) is 0 Å². The second-order valence-corrected chi connectivity index (χ2v) is 8.19. The fraction of sp³-hybridized carbons (Fsp3) is 0.391. The Hall–Kier alpha value is -2.68. The van der Waals surface area contributed by atoms with Crippen LogP contribution in [0.5, 0.6) is 0 Å². The highest BCUT2D eigenvalue weighted by Crippen LogP contribution is 2.39. The summed E-state index contributed by atoms with van der Waals surface area (Å²) in [6, 6.07) is 6.70. The summed E-state index contributed by atoms with van der Waals surface area (Å²) in [5.41, 5.74) is 1.63. The standard InChI is InChI=1S/C23H29Cl2N7O/c1-4-26-23(33)31-21-16(19-17(24)9-7-10-18(19)25)13-15-14-28-22(30-20(15)29-21)27-11-8-12-32(5-2)6-3/h7,9-10,13-14H,4-6,8,11-12H2,1-3H3,(H3,26,27,28,29,30,31,33). The van der Waals surface area contributed by atoms with E-state index in [-0.39, 0.29) is 6.03 Å². The quantitative estimate of drug-likeness (QED) is 0.335. The number of anilines is 2. The van der Waals surface area contributed by atoms with Gasteiger partial charge in [-0.2, -0.15) is 4.98 Å². The Labute approximate surface area is 204 Å². The first-order chi connectivity index (χ1) is 16.0. The Morgan fingerprint density at radius 1 is 1.09 bits per heavy atom. The van der Waals surface area contributed by atoms with Crippen molar-refractivity contribution in [1.29, 1.82) is 0 Å². The molecule has 0 aliphatic carbocycles. The number of carbonyl (C=O) groups excluding carboxylic acids is 1. The first kappa shape index (κ1) is 25.0. The van der Waals surface area contributed by atoms with E-state index in [0.29, 0.717) is 50.5 Å². The molecule has 0 bridgehead atoms. The number of urea groups is 1. The number of hydrogen-bond donors (Lipinski definition) is 3. The van der Waals surface area contributed by atoms with Crippen LogP contribution >= 0.6 is 23.2 Å². The van der Waals surface area contributed by atoms with E-state index in [4.69, 9.17) is 23.2 Å². The maximum absolute atomic E-state index is 12.3. The predicted octanol–water partition coefficient (Wildman–Crippen LogP) is 5.28. The zero-order chi connectivity index (χ0) is 23.8. The van der Waals surface area contributed by atoms with Gasteiger partial charge < -0.3 is 15.5 Å². The number of hydrogen-bond acceptors (Lipinski definition) is 6. The van der Waals surface area contributed by atoms with Gasteiger partial charge in [0.15, 0.2) is 5.65 Å². The lowest BCUT2D eigenvalue weighted by atomic mass is 10.0. The van der Waals surface area contributed by atoms with E-state index < -0.39 is 0 Å². The molecule has 2 heterocycles. The van der Waals surface area contributed by atoms with Crippen molar-refractivity contribution in [3.63, 3.8) is 0 Å². The molecule has 0 saturated heterocycles. The Bertz CT molecular complexity index is 1090. The van der Waals surface area contributed by atoms with E-state index >= 15 is 0 Å². The molecule has 3 rings (SSSR count). The van der Waals surface area contributed by atoms with Gasteiger partial charge in [0.25, 0.3) is 0 Å². The largest absolute Gasteiger partial charge is 0.354 e. The molecule has 0 saturated carbocycles. The molecule has 0 aliphatic rings. The number of nitrogens with zero attached hydrogens (tertiary/aromatic N) is 4. The molecule has 0 spiro atoms.